The average Bonchev–Trinajstić information content (AvgIpc) is 3.28. The number of rotatable bonds is 1. The molecule has 2 amide bonds. The van der Waals surface area contributed by atoms with Gasteiger partial charge in [0.15, 0.2) is 0 Å². The molecule has 1 aliphatic heterocycles. The van der Waals surface area contributed by atoms with Gasteiger partial charge in [-0.2, -0.15) is 0 Å². The summed E-state index contributed by atoms with van der Waals surface area (Å²) >= 11 is 0. The van der Waals surface area contributed by atoms with Gasteiger partial charge in [0.05, 0.1) is 5.54 Å². The molecule has 3 rings (SSSR count). The lowest BCUT2D eigenvalue weighted by Crippen LogP contribution is -2.54. The van der Waals surface area contributed by atoms with Crippen LogP contribution in [0.2, 0.25) is 0 Å². The molecule has 0 saturated heterocycles. The summed E-state index contributed by atoms with van der Waals surface area (Å²) in [4.78, 5) is 27.0. The van der Waals surface area contributed by atoms with Crippen molar-refractivity contribution in [3.63, 3.8) is 0 Å². The fraction of sp³-hybridized carbons (Fsp3) is 0.652. The van der Waals surface area contributed by atoms with Gasteiger partial charge in [-0.05, 0) is 91.5 Å². The molecule has 1 N–H and O–H groups in total. The molecule has 1 spiro atoms. The molecule has 2 aliphatic rings. The first-order valence-electron chi connectivity index (χ1n) is 10.3. The highest BCUT2D eigenvalue weighted by Crippen LogP contribution is 2.56. The van der Waals surface area contributed by atoms with Gasteiger partial charge in [0.2, 0.25) is 0 Å². The van der Waals surface area contributed by atoms with Crippen LogP contribution >= 0.6 is 0 Å². The fourth-order valence-corrected chi connectivity index (χ4v) is 3.93. The summed E-state index contributed by atoms with van der Waals surface area (Å²) in [5.74, 6) is 0. The number of hydrogen-bond acceptors (Lipinski definition) is 4. The topological polar surface area (TPSA) is 67.9 Å². The predicted octanol–water partition coefficient (Wildman–Crippen LogP) is 5.55. The highest BCUT2D eigenvalue weighted by Gasteiger charge is 2.55. The van der Waals surface area contributed by atoms with Gasteiger partial charge < -0.3 is 9.47 Å². The van der Waals surface area contributed by atoms with Crippen LogP contribution in [0.5, 0.6) is 0 Å². The van der Waals surface area contributed by atoms with Crippen LogP contribution in [0.15, 0.2) is 18.2 Å². The van der Waals surface area contributed by atoms with Crippen molar-refractivity contribution in [3.8, 4) is 0 Å². The van der Waals surface area contributed by atoms with Gasteiger partial charge in [-0.15, -0.1) is 0 Å². The summed E-state index contributed by atoms with van der Waals surface area (Å²) in [6.07, 6.45) is 1.29. The van der Waals surface area contributed by atoms with Crippen molar-refractivity contribution in [1.29, 1.82) is 0 Å². The lowest BCUT2D eigenvalue weighted by molar-refractivity contribution is -0.00488. The summed E-state index contributed by atoms with van der Waals surface area (Å²) in [5, 5.41) is 2.84. The van der Waals surface area contributed by atoms with E-state index in [9.17, 15) is 9.59 Å². The molecule has 0 radical (unpaired) electrons. The van der Waals surface area contributed by atoms with E-state index in [1.807, 2.05) is 78.5 Å². The smallest absolute Gasteiger partial charge is 0.412 e. The Morgan fingerprint density at radius 1 is 0.966 bits per heavy atom. The Kier molecular flexibility index (Phi) is 4.92. The van der Waals surface area contributed by atoms with Crippen LogP contribution < -0.4 is 5.32 Å². The number of fused-ring (bicyclic) bond motifs is 2. The van der Waals surface area contributed by atoms with Crippen molar-refractivity contribution in [1.82, 2.24) is 4.90 Å². The number of hydrogen-bond donors (Lipinski definition) is 1. The van der Waals surface area contributed by atoms with Crippen LogP contribution in [0, 0.1) is 0 Å². The molecular formula is C23H34N2O4. The van der Waals surface area contributed by atoms with Gasteiger partial charge in [-0.3, -0.25) is 10.2 Å². The first-order chi connectivity index (χ1) is 13.1. The summed E-state index contributed by atoms with van der Waals surface area (Å²) < 4.78 is 11.1. The van der Waals surface area contributed by atoms with Crippen molar-refractivity contribution in [2.75, 3.05) is 11.9 Å². The van der Waals surface area contributed by atoms with Crippen molar-refractivity contribution in [2.24, 2.45) is 0 Å². The zero-order valence-corrected chi connectivity index (χ0v) is 18.9. The summed E-state index contributed by atoms with van der Waals surface area (Å²) in [6.45, 7) is 15.9. The quantitative estimate of drug-likeness (QED) is 0.668. The summed E-state index contributed by atoms with van der Waals surface area (Å²) in [6, 6.07) is 5.93. The lowest BCUT2D eigenvalue weighted by atomic mass is 9.76. The third kappa shape index (κ3) is 4.51. The van der Waals surface area contributed by atoms with Crippen LogP contribution in [0.4, 0.5) is 15.3 Å². The second kappa shape index (κ2) is 6.64. The second-order valence-electron chi connectivity index (χ2n) is 10.8. The molecule has 1 saturated carbocycles. The minimum atomic E-state index is -0.550. The van der Waals surface area contributed by atoms with E-state index < -0.39 is 22.8 Å². The Labute approximate surface area is 173 Å². The van der Waals surface area contributed by atoms with Gasteiger partial charge in [0, 0.05) is 17.6 Å². The minimum Gasteiger partial charge on any atom is -0.444 e. The number of nitrogens with one attached hydrogen (secondary N) is 1. The molecule has 29 heavy (non-hydrogen) atoms. The third-order valence-corrected chi connectivity index (χ3v) is 5.50. The van der Waals surface area contributed by atoms with Gasteiger partial charge in [-0.1, -0.05) is 6.07 Å². The molecule has 1 aliphatic carbocycles. The number of carbonyl (C=O) groups excluding carboxylic acids is 2. The zero-order chi connectivity index (χ0) is 21.8. The first-order valence-corrected chi connectivity index (χ1v) is 10.3. The van der Waals surface area contributed by atoms with E-state index in [1.165, 1.54) is 5.56 Å². The maximum atomic E-state index is 12.9. The van der Waals surface area contributed by atoms with Gasteiger partial charge in [-0.25, -0.2) is 9.59 Å². The Bertz CT molecular complexity index is 826. The molecule has 1 aromatic rings. The first kappa shape index (κ1) is 21.5. The second-order valence-corrected chi connectivity index (χ2v) is 10.8. The molecule has 0 atom stereocenters. The Morgan fingerprint density at radius 3 is 2.07 bits per heavy atom. The SMILES string of the molecule is CC(C)(C)OC(=O)Nc1ccc2c(c1)C1(CC1)CN(C(=O)OC(C)(C)C)C2(C)C. The van der Waals surface area contributed by atoms with Crippen molar-refractivity contribution in [3.05, 3.63) is 29.3 Å². The molecule has 0 aromatic heterocycles. The largest absolute Gasteiger partial charge is 0.444 e. The van der Waals surface area contributed by atoms with E-state index >= 15 is 0 Å². The zero-order valence-electron chi connectivity index (χ0n) is 18.9. The van der Waals surface area contributed by atoms with Gasteiger partial charge >= 0.3 is 12.2 Å². The molecule has 1 aromatic carbocycles. The maximum Gasteiger partial charge on any atom is 0.412 e. The molecular weight excluding hydrogens is 368 g/mol. The van der Waals surface area contributed by atoms with Crippen LogP contribution in [0.3, 0.4) is 0 Å². The monoisotopic (exact) mass is 402 g/mol. The van der Waals surface area contributed by atoms with Gasteiger partial charge in [0.25, 0.3) is 0 Å². The van der Waals surface area contributed by atoms with Gasteiger partial charge in [0.1, 0.15) is 11.2 Å². The maximum absolute atomic E-state index is 12.9. The molecule has 160 valence electrons. The van der Waals surface area contributed by atoms with E-state index in [4.69, 9.17) is 9.47 Å². The minimum absolute atomic E-state index is 0.0621. The number of carbonyl (C=O) groups is 2. The van der Waals surface area contributed by atoms with Crippen LogP contribution in [0.25, 0.3) is 0 Å². The summed E-state index contributed by atoms with van der Waals surface area (Å²) in [7, 11) is 0. The van der Waals surface area contributed by atoms with E-state index in [0.717, 1.165) is 18.4 Å². The number of nitrogens with zero attached hydrogens (tertiary/aromatic N) is 1. The standard InChI is InChI=1S/C23H34N2O4/c1-20(2,3)28-18(26)24-15-9-10-16-17(13-15)23(11-12-23)14-25(22(16,7)8)19(27)29-21(4,5)6/h9-10,13H,11-12,14H2,1-8H3,(H,24,26). The van der Waals surface area contributed by atoms with E-state index in [0.29, 0.717) is 12.2 Å². The van der Waals surface area contributed by atoms with Crippen molar-refractivity contribution < 1.29 is 19.1 Å². The number of benzene rings is 1. The molecule has 6 nitrogen and oxygen atoms in total. The molecule has 6 heteroatoms. The predicted molar refractivity (Wildman–Crippen MR) is 113 cm³/mol. The van der Waals surface area contributed by atoms with Crippen LogP contribution in [-0.2, 0) is 20.4 Å². The van der Waals surface area contributed by atoms with E-state index in [-0.39, 0.29) is 11.5 Å². The number of amides is 2. The Hall–Kier alpha value is -2.24. The normalized spacial score (nSPS) is 19.4. The Morgan fingerprint density at radius 2 is 1.55 bits per heavy atom. The molecule has 0 bridgehead atoms. The molecule has 1 fully saturated rings. The highest BCUT2D eigenvalue weighted by molar-refractivity contribution is 5.85. The molecule has 0 unspecified atom stereocenters. The number of anilines is 1. The lowest BCUT2D eigenvalue weighted by Gasteiger charge is -2.47. The number of ether oxygens (including phenoxy) is 2. The van der Waals surface area contributed by atoms with Crippen LogP contribution in [-0.4, -0.2) is 34.8 Å². The van der Waals surface area contributed by atoms with Crippen LogP contribution in [0.1, 0.15) is 79.4 Å². The van der Waals surface area contributed by atoms with E-state index in [1.54, 1.807) is 0 Å². The van der Waals surface area contributed by atoms with E-state index in [2.05, 4.69) is 5.32 Å². The van der Waals surface area contributed by atoms with Crippen molar-refractivity contribution in [2.45, 2.75) is 90.4 Å². The Balaban J connectivity index is 1.90. The average molecular weight is 403 g/mol. The highest BCUT2D eigenvalue weighted by atomic mass is 16.6. The fourth-order valence-electron chi connectivity index (χ4n) is 3.93. The molecule has 1 heterocycles. The third-order valence-electron chi connectivity index (χ3n) is 5.50. The van der Waals surface area contributed by atoms with Crippen molar-refractivity contribution >= 4 is 17.9 Å². The summed E-state index contributed by atoms with van der Waals surface area (Å²) in [5.41, 5.74) is 1.36.